The van der Waals surface area contributed by atoms with Crippen LogP contribution in [0.3, 0.4) is 0 Å². The van der Waals surface area contributed by atoms with E-state index in [1.807, 2.05) is 24.3 Å². The lowest BCUT2D eigenvalue weighted by Gasteiger charge is -2.17. The molecular weight excluding hydrogens is 308 g/mol. The minimum Gasteiger partial charge on any atom is -0.366 e. The molecule has 1 heterocycles. The lowest BCUT2D eigenvalue weighted by Crippen LogP contribution is -2.34. The maximum atomic E-state index is 12.3. The minimum atomic E-state index is -0.524. The fourth-order valence-corrected chi connectivity index (χ4v) is 3.16. The highest BCUT2D eigenvalue weighted by atomic mass is 35.5. The molecule has 6 heteroatoms. The average Bonchev–Trinajstić information content (AvgIpc) is 3.04. The van der Waals surface area contributed by atoms with Crippen LogP contribution in [0.2, 0.25) is 5.02 Å². The molecule has 1 aliphatic carbocycles. The summed E-state index contributed by atoms with van der Waals surface area (Å²) in [4.78, 5) is 23.9. The van der Waals surface area contributed by atoms with Crippen LogP contribution in [0.25, 0.3) is 0 Å². The van der Waals surface area contributed by atoms with Gasteiger partial charge in [0, 0.05) is 10.4 Å². The summed E-state index contributed by atoms with van der Waals surface area (Å²) in [7, 11) is 0. The van der Waals surface area contributed by atoms with Gasteiger partial charge in [-0.25, -0.2) is 0 Å². The van der Waals surface area contributed by atoms with Gasteiger partial charge in [0.05, 0.1) is 16.0 Å². The van der Waals surface area contributed by atoms with Gasteiger partial charge in [-0.1, -0.05) is 23.7 Å². The predicted molar refractivity (Wildman–Crippen MR) is 82.7 cm³/mol. The van der Waals surface area contributed by atoms with Crippen LogP contribution in [-0.4, -0.2) is 11.8 Å². The van der Waals surface area contributed by atoms with Gasteiger partial charge in [0.1, 0.15) is 0 Å². The summed E-state index contributed by atoms with van der Waals surface area (Å²) in [5.74, 6) is -0.705. The number of carbonyl (C=O) groups excluding carboxylic acids is 2. The molecule has 1 aliphatic rings. The van der Waals surface area contributed by atoms with Gasteiger partial charge in [0.25, 0.3) is 5.91 Å². The summed E-state index contributed by atoms with van der Waals surface area (Å²) in [5, 5.41) is 5.32. The molecule has 0 aliphatic heterocycles. The smallest absolute Gasteiger partial charge is 0.262 e. The Kier molecular flexibility index (Phi) is 3.47. The first-order valence-corrected chi connectivity index (χ1v) is 7.73. The number of carbonyl (C=O) groups is 2. The van der Waals surface area contributed by atoms with E-state index in [0.717, 1.165) is 18.4 Å². The Morgan fingerprint density at radius 2 is 1.90 bits per heavy atom. The zero-order valence-corrected chi connectivity index (χ0v) is 12.6. The molecule has 108 valence electrons. The Labute approximate surface area is 130 Å². The van der Waals surface area contributed by atoms with Crippen LogP contribution in [0.4, 0.5) is 0 Å². The second-order valence-electron chi connectivity index (χ2n) is 5.11. The third-order valence-corrected chi connectivity index (χ3v) is 4.79. The number of thiophene rings is 1. The predicted octanol–water partition coefficient (Wildman–Crippen LogP) is 2.92. The average molecular weight is 321 g/mol. The summed E-state index contributed by atoms with van der Waals surface area (Å²) in [6.45, 7) is 0. The van der Waals surface area contributed by atoms with Crippen molar-refractivity contribution < 1.29 is 9.59 Å². The first-order chi connectivity index (χ1) is 10.00. The number of hydrogen-bond acceptors (Lipinski definition) is 3. The Morgan fingerprint density at radius 3 is 2.43 bits per heavy atom. The molecule has 0 radical (unpaired) electrons. The highest BCUT2D eigenvalue weighted by Crippen LogP contribution is 2.46. The third kappa shape index (κ3) is 2.80. The summed E-state index contributed by atoms with van der Waals surface area (Å²) in [6.07, 6.45) is 1.79. The second kappa shape index (κ2) is 5.16. The molecule has 0 unspecified atom stereocenters. The summed E-state index contributed by atoms with van der Waals surface area (Å²) >= 11 is 7.10. The largest absolute Gasteiger partial charge is 0.366 e. The van der Waals surface area contributed by atoms with Crippen molar-refractivity contribution in [2.24, 2.45) is 5.73 Å². The summed E-state index contributed by atoms with van der Waals surface area (Å²) in [6, 6.07) is 9.02. The van der Waals surface area contributed by atoms with Crippen molar-refractivity contribution in [3.05, 3.63) is 56.7 Å². The number of nitrogens with two attached hydrogens (primary N) is 1. The first kappa shape index (κ1) is 14.1. The Bertz CT molecular complexity index is 705. The highest BCUT2D eigenvalue weighted by Gasteiger charge is 2.45. The van der Waals surface area contributed by atoms with Crippen molar-refractivity contribution in [2.75, 3.05) is 0 Å². The molecule has 3 N–H and O–H groups in total. The van der Waals surface area contributed by atoms with Crippen LogP contribution in [0.1, 0.15) is 38.4 Å². The van der Waals surface area contributed by atoms with Crippen molar-refractivity contribution in [1.82, 2.24) is 5.32 Å². The molecule has 2 amide bonds. The van der Waals surface area contributed by atoms with Crippen LogP contribution < -0.4 is 11.1 Å². The summed E-state index contributed by atoms with van der Waals surface area (Å²) in [5.41, 5.74) is 6.30. The van der Waals surface area contributed by atoms with E-state index in [4.69, 9.17) is 17.3 Å². The Balaban J connectivity index is 1.77. The maximum absolute atomic E-state index is 12.3. The van der Waals surface area contributed by atoms with Crippen LogP contribution in [0.5, 0.6) is 0 Å². The summed E-state index contributed by atoms with van der Waals surface area (Å²) < 4.78 is 0. The SMILES string of the molecule is NC(=O)c1csc(C(=O)NC2(c3ccc(Cl)cc3)CC2)c1. The number of hydrogen-bond donors (Lipinski definition) is 2. The van der Waals surface area contributed by atoms with Crippen LogP contribution >= 0.6 is 22.9 Å². The first-order valence-electron chi connectivity index (χ1n) is 6.47. The highest BCUT2D eigenvalue weighted by molar-refractivity contribution is 7.12. The molecule has 4 nitrogen and oxygen atoms in total. The second-order valence-corrected chi connectivity index (χ2v) is 6.45. The molecular formula is C15H13ClN2O2S. The zero-order chi connectivity index (χ0) is 15.0. The molecule has 0 saturated heterocycles. The van der Waals surface area contributed by atoms with Gasteiger partial charge >= 0.3 is 0 Å². The number of nitrogens with one attached hydrogen (secondary N) is 1. The molecule has 1 aromatic carbocycles. The molecule has 3 rings (SSSR count). The van der Waals surface area contributed by atoms with E-state index < -0.39 is 5.91 Å². The lowest BCUT2D eigenvalue weighted by molar-refractivity contribution is 0.0935. The van der Waals surface area contributed by atoms with Crippen LogP contribution in [-0.2, 0) is 5.54 Å². The van der Waals surface area contributed by atoms with E-state index in [2.05, 4.69) is 5.32 Å². The molecule has 0 spiro atoms. The van der Waals surface area contributed by atoms with Gasteiger partial charge in [0.15, 0.2) is 0 Å². The van der Waals surface area contributed by atoms with Crippen molar-refractivity contribution in [3.63, 3.8) is 0 Å². The Morgan fingerprint density at radius 1 is 1.24 bits per heavy atom. The monoisotopic (exact) mass is 320 g/mol. The molecule has 1 aromatic heterocycles. The zero-order valence-electron chi connectivity index (χ0n) is 11.1. The normalized spacial score (nSPS) is 15.5. The Hall–Kier alpha value is -1.85. The molecule has 0 bridgehead atoms. The maximum Gasteiger partial charge on any atom is 0.262 e. The number of amides is 2. The minimum absolute atomic E-state index is 0.181. The third-order valence-electron chi connectivity index (χ3n) is 3.61. The number of rotatable bonds is 4. The van der Waals surface area contributed by atoms with Gasteiger partial charge in [0.2, 0.25) is 5.91 Å². The molecule has 1 saturated carbocycles. The van der Waals surface area contributed by atoms with E-state index >= 15 is 0 Å². The van der Waals surface area contributed by atoms with Gasteiger partial charge in [-0.3, -0.25) is 9.59 Å². The van der Waals surface area contributed by atoms with Crippen LogP contribution in [0.15, 0.2) is 35.7 Å². The van der Waals surface area contributed by atoms with Crippen molar-refractivity contribution in [3.8, 4) is 0 Å². The standard InChI is InChI=1S/C15H13ClN2O2S/c16-11-3-1-10(2-4-11)15(5-6-15)18-14(20)12-7-9(8-21-12)13(17)19/h1-4,7-8H,5-6H2,(H2,17,19)(H,18,20). The molecule has 1 fully saturated rings. The molecule has 2 aromatic rings. The fourth-order valence-electron chi connectivity index (χ4n) is 2.24. The van der Waals surface area contributed by atoms with Crippen molar-refractivity contribution in [2.45, 2.75) is 18.4 Å². The van der Waals surface area contributed by atoms with E-state index in [-0.39, 0.29) is 11.4 Å². The lowest BCUT2D eigenvalue weighted by atomic mass is 10.0. The van der Waals surface area contributed by atoms with Gasteiger partial charge < -0.3 is 11.1 Å². The van der Waals surface area contributed by atoms with Crippen molar-refractivity contribution >= 4 is 34.8 Å². The van der Waals surface area contributed by atoms with E-state index in [0.29, 0.717) is 15.5 Å². The number of benzene rings is 1. The van der Waals surface area contributed by atoms with Gasteiger partial charge in [-0.05, 0) is 36.6 Å². The topological polar surface area (TPSA) is 72.2 Å². The molecule has 21 heavy (non-hydrogen) atoms. The quantitative estimate of drug-likeness (QED) is 0.909. The fraction of sp³-hybridized carbons (Fsp3) is 0.200. The van der Waals surface area contributed by atoms with Crippen LogP contribution in [0, 0.1) is 0 Å². The van der Waals surface area contributed by atoms with Gasteiger partial charge in [-0.2, -0.15) is 0 Å². The number of halogens is 1. The van der Waals surface area contributed by atoms with Crippen molar-refractivity contribution in [1.29, 1.82) is 0 Å². The number of primary amides is 1. The van der Waals surface area contributed by atoms with E-state index in [1.165, 1.54) is 17.4 Å². The van der Waals surface area contributed by atoms with E-state index in [9.17, 15) is 9.59 Å². The van der Waals surface area contributed by atoms with E-state index in [1.54, 1.807) is 5.38 Å². The van der Waals surface area contributed by atoms with Gasteiger partial charge in [-0.15, -0.1) is 11.3 Å². The molecule has 0 atom stereocenters.